The Morgan fingerprint density at radius 2 is 1.97 bits per heavy atom. The van der Waals surface area contributed by atoms with Crippen LogP contribution in [0.15, 0.2) is 35.9 Å². The number of hydrogen-bond donors (Lipinski definition) is 1. The van der Waals surface area contributed by atoms with Gasteiger partial charge in [0.25, 0.3) is 5.91 Å². The van der Waals surface area contributed by atoms with Crippen LogP contribution in [0.1, 0.15) is 52.0 Å². The molecule has 0 aliphatic carbocycles. The number of carbonyl (C=O) groups is 2. The monoisotopic (exact) mass is 485 g/mol. The highest BCUT2D eigenvalue weighted by Crippen LogP contribution is 2.37. The average molecular weight is 486 g/mol. The number of nitrogens with one attached hydrogen (secondary N) is 1. The molecule has 7 heteroatoms. The SMILES string of the molecule is COCCN1C(=O)N[C@](Cc2cccc(OC)c2)(C2CCN(C[C@H](C)CCC=C(C)C)CC2)C1=O. The molecule has 2 aliphatic heterocycles. The molecule has 1 aromatic carbocycles. The van der Waals surface area contributed by atoms with Crippen molar-refractivity contribution in [3.8, 4) is 5.75 Å². The molecule has 2 atom stereocenters. The van der Waals surface area contributed by atoms with Gasteiger partial charge in [0, 0.05) is 20.1 Å². The maximum atomic E-state index is 13.8. The summed E-state index contributed by atoms with van der Waals surface area (Å²) in [6, 6.07) is 7.48. The molecule has 3 amide bonds. The van der Waals surface area contributed by atoms with Crippen LogP contribution in [0.3, 0.4) is 0 Å². The van der Waals surface area contributed by atoms with Crippen molar-refractivity contribution in [2.45, 2.75) is 58.4 Å². The zero-order valence-electron chi connectivity index (χ0n) is 22.1. The Morgan fingerprint density at radius 3 is 2.63 bits per heavy atom. The fraction of sp³-hybridized carbons (Fsp3) is 0.643. The van der Waals surface area contributed by atoms with Crippen molar-refractivity contribution in [2.24, 2.45) is 11.8 Å². The van der Waals surface area contributed by atoms with Crippen molar-refractivity contribution in [3.05, 3.63) is 41.5 Å². The molecule has 2 aliphatic rings. The van der Waals surface area contributed by atoms with E-state index in [1.165, 1.54) is 16.9 Å². The van der Waals surface area contributed by atoms with Gasteiger partial charge in [0.1, 0.15) is 11.3 Å². The number of ether oxygens (including phenoxy) is 2. The van der Waals surface area contributed by atoms with Crippen molar-refractivity contribution < 1.29 is 19.1 Å². The molecule has 35 heavy (non-hydrogen) atoms. The van der Waals surface area contributed by atoms with Gasteiger partial charge in [0.15, 0.2) is 0 Å². The van der Waals surface area contributed by atoms with Crippen LogP contribution < -0.4 is 10.1 Å². The Morgan fingerprint density at radius 1 is 1.23 bits per heavy atom. The molecule has 1 N–H and O–H groups in total. The zero-order chi connectivity index (χ0) is 25.4. The first-order valence-electron chi connectivity index (χ1n) is 12.9. The van der Waals surface area contributed by atoms with Crippen molar-refractivity contribution in [1.82, 2.24) is 15.1 Å². The summed E-state index contributed by atoms with van der Waals surface area (Å²) >= 11 is 0. The van der Waals surface area contributed by atoms with E-state index in [2.05, 4.69) is 37.1 Å². The lowest BCUT2D eigenvalue weighted by atomic mass is 9.73. The maximum absolute atomic E-state index is 13.8. The van der Waals surface area contributed by atoms with E-state index >= 15 is 0 Å². The standard InChI is InChI=1S/C28H43N3O4/c1-21(2)8-6-9-22(3)20-30-14-12-24(13-15-30)28(19-23-10-7-11-25(18-23)35-5)26(32)31(16-17-34-4)27(33)29-28/h7-8,10-11,18,22,24H,6,9,12-17,19-20H2,1-5H3,(H,29,33)/t22-,28-/m1/s1. The first-order chi connectivity index (χ1) is 16.8. The Labute approximate surface area is 210 Å². The lowest BCUT2D eigenvalue weighted by Gasteiger charge is -2.41. The molecule has 0 spiro atoms. The number of allylic oxidation sites excluding steroid dienone is 2. The normalized spacial score (nSPS) is 22.3. The summed E-state index contributed by atoms with van der Waals surface area (Å²) in [5, 5.41) is 3.14. The quantitative estimate of drug-likeness (QED) is 0.354. The van der Waals surface area contributed by atoms with Crippen LogP contribution in [-0.4, -0.2) is 74.3 Å². The molecular formula is C28H43N3O4. The third kappa shape index (κ3) is 6.85. The number of benzene rings is 1. The molecular weight excluding hydrogens is 442 g/mol. The minimum atomic E-state index is -0.932. The number of likely N-dealkylation sites (tertiary alicyclic amines) is 1. The predicted molar refractivity (Wildman–Crippen MR) is 139 cm³/mol. The molecule has 0 saturated carbocycles. The van der Waals surface area contributed by atoms with E-state index in [1.54, 1.807) is 14.2 Å². The largest absolute Gasteiger partial charge is 0.497 e. The topological polar surface area (TPSA) is 71.1 Å². The number of amides is 3. The molecule has 0 radical (unpaired) electrons. The van der Waals surface area contributed by atoms with Crippen molar-refractivity contribution in [2.75, 3.05) is 47.0 Å². The summed E-state index contributed by atoms with van der Waals surface area (Å²) in [5.74, 6) is 1.33. The minimum absolute atomic E-state index is 0.0786. The van der Waals surface area contributed by atoms with Gasteiger partial charge in [-0.1, -0.05) is 30.7 Å². The predicted octanol–water partition coefficient (Wildman–Crippen LogP) is 4.27. The highest BCUT2D eigenvalue weighted by atomic mass is 16.5. The lowest BCUT2D eigenvalue weighted by Crippen LogP contribution is -2.57. The van der Waals surface area contributed by atoms with Gasteiger partial charge in [-0.2, -0.15) is 0 Å². The number of nitrogens with zero attached hydrogens (tertiary/aromatic N) is 2. The summed E-state index contributed by atoms with van der Waals surface area (Å²) in [6.07, 6.45) is 6.86. The first kappa shape index (κ1) is 27.2. The van der Waals surface area contributed by atoms with Gasteiger partial charge < -0.3 is 19.7 Å². The summed E-state index contributed by atoms with van der Waals surface area (Å²) in [5.41, 5.74) is 1.43. The Hall–Kier alpha value is -2.38. The first-order valence-corrected chi connectivity index (χ1v) is 12.9. The summed E-state index contributed by atoms with van der Waals surface area (Å²) in [6.45, 7) is 10.2. The molecule has 194 valence electrons. The zero-order valence-corrected chi connectivity index (χ0v) is 22.1. The second-order valence-corrected chi connectivity index (χ2v) is 10.4. The number of rotatable bonds is 12. The Kier molecular flexibility index (Phi) is 9.75. The highest BCUT2D eigenvalue weighted by Gasteiger charge is 2.55. The van der Waals surface area contributed by atoms with Crippen molar-refractivity contribution in [3.63, 3.8) is 0 Å². The van der Waals surface area contributed by atoms with E-state index in [0.717, 1.165) is 50.2 Å². The van der Waals surface area contributed by atoms with Gasteiger partial charge in [-0.05, 0) is 82.2 Å². The smallest absolute Gasteiger partial charge is 0.325 e. The molecule has 2 fully saturated rings. The van der Waals surface area contributed by atoms with Gasteiger partial charge in [-0.25, -0.2) is 4.79 Å². The second kappa shape index (κ2) is 12.5. The van der Waals surface area contributed by atoms with E-state index in [0.29, 0.717) is 18.9 Å². The van der Waals surface area contributed by atoms with Crippen LogP contribution in [0.4, 0.5) is 4.79 Å². The number of imide groups is 1. The fourth-order valence-corrected chi connectivity index (χ4v) is 5.47. The average Bonchev–Trinajstić information content (AvgIpc) is 3.07. The summed E-state index contributed by atoms with van der Waals surface area (Å²) in [4.78, 5) is 30.5. The van der Waals surface area contributed by atoms with Gasteiger partial charge in [-0.15, -0.1) is 0 Å². The summed E-state index contributed by atoms with van der Waals surface area (Å²) < 4.78 is 10.6. The Balaban J connectivity index is 1.72. The van der Waals surface area contributed by atoms with Gasteiger partial charge >= 0.3 is 6.03 Å². The van der Waals surface area contributed by atoms with Crippen LogP contribution in [0.25, 0.3) is 0 Å². The van der Waals surface area contributed by atoms with E-state index < -0.39 is 5.54 Å². The minimum Gasteiger partial charge on any atom is -0.497 e. The molecule has 2 saturated heterocycles. The molecule has 3 rings (SSSR count). The lowest BCUT2D eigenvalue weighted by molar-refractivity contribution is -0.134. The number of hydrogen-bond acceptors (Lipinski definition) is 5. The number of piperidine rings is 1. The maximum Gasteiger partial charge on any atom is 0.325 e. The fourth-order valence-electron chi connectivity index (χ4n) is 5.47. The van der Waals surface area contributed by atoms with Gasteiger partial charge in [0.2, 0.25) is 0 Å². The molecule has 0 unspecified atom stereocenters. The molecule has 0 aromatic heterocycles. The van der Waals surface area contributed by atoms with E-state index in [1.807, 2.05) is 24.3 Å². The van der Waals surface area contributed by atoms with Crippen LogP contribution >= 0.6 is 0 Å². The molecule has 7 nitrogen and oxygen atoms in total. The molecule has 2 heterocycles. The van der Waals surface area contributed by atoms with E-state index in [9.17, 15) is 9.59 Å². The van der Waals surface area contributed by atoms with Crippen LogP contribution in [-0.2, 0) is 16.0 Å². The van der Waals surface area contributed by atoms with E-state index in [-0.39, 0.29) is 24.4 Å². The van der Waals surface area contributed by atoms with Crippen LogP contribution in [0, 0.1) is 11.8 Å². The van der Waals surface area contributed by atoms with E-state index in [4.69, 9.17) is 9.47 Å². The van der Waals surface area contributed by atoms with Crippen LogP contribution in [0.2, 0.25) is 0 Å². The molecule has 0 bridgehead atoms. The second-order valence-electron chi connectivity index (χ2n) is 10.4. The van der Waals surface area contributed by atoms with Crippen LogP contribution in [0.5, 0.6) is 5.75 Å². The van der Waals surface area contributed by atoms with Crippen molar-refractivity contribution in [1.29, 1.82) is 0 Å². The third-order valence-corrected chi connectivity index (χ3v) is 7.40. The Bertz CT molecular complexity index is 890. The van der Waals surface area contributed by atoms with Gasteiger partial charge in [0.05, 0.1) is 20.3 Å². The van der Waals surface area contributed by atoms with Crippen molar-refractivity contribution >= 4 is 11.9 Å². The highest BCUT2D eigenvalue weighted by molar-refractivity contribution is 6.07. The molecule has 1 aromatic rings. The van der Waals surface area contributed by atoms with Gasteiger partial charge in [-0.3, -0.25) is 9.69 Å². The number of urea groups is 1. The third-order valence-electron chi connectivity index (χ3n) is 7.40. The summed E-state index contributed by atoms with van der Waals surface area (Å²) in [7, 11) is 3.22. The number of methoxy groups -OCH3 is 2. The number of carbonyl (C=O) groups excluding carboxylic acids is 2.